The molecule has 0 unspecified atom stereocenters. The van der Waals surface area contributed by atoms with Gasteiger partial charge in [-0.3, -0.25) is 4.57 Å². The molecule has 258 valence electrons. The van der Waals surface area contributed by atoms with E-state index in [-0.39, 0.29) is 0 Å². The molecule has 55 heavy (non-hydrogen) atoms. The molecule has 3 aromatic heterocycles. The SMILES string of the molecule is c1ccc(-c2cc(-c3ccccc3)nc(-c3cccc(-c4cccc(-c5nc(-c6ccccc6)nc6c5c5ccccc5n6-c5ccccc5)c4)c3)n2)cc1. The Morgan fingerprint density at radius 1 is 0.327 bits per heavy atom. The Morgan fingerprint density at radius 2 is 0.800 bits per heavy atom. The van der Waals surface area contributed by atoms with Gasteiger partial charge in [0, 0.05) is 38.9 Å². The van der Waals surface area contributed by atoms with E-state index >= 15 is 0 Å². The highest BCUT2D eigenvalue weighted by Crippen LogP contribution is 2.39. The molecule has 0 N–H and O–H groups in total. The van der Waals surface area contributed by atoms with Gasteiger partial charge in [-0.25, -0.2) is 19.9 Å². The van der Waals surface area contributed by atoms with Crippen LogP contribution in [0.25, 0.3) is 95.3 Å². The first-order valence-corrected chi connectivity index (χ1v) is 18.4. The molecule has 5 heteroatoms. The average Bonchev–Trinajstić information content (AvgIpc) is 3.61. The van der Waals surface area contributed by atoms with Crippen LogP contribution in [0.2, 0.25) is 0 Å². The lowest BCUT2D eigenvalue weighted by Crippen LogP contribution is -1.99. The predicted octanol–water partition coefficient (Wildman–Crippen LogP) is 12.4. The maximum atomic E-state index is 5.33. The van der Waals surface area contributed by atoms with Gasteiger partial charge in [-0.05, 0) is 47.5 Å². The quantitative estimate of drug-likeness (QED) is 0.166. The van der Waals surface area contributed by atoms with Crippen molar-refractivity contribution in [3.05, 3.63) is 200 Å². The van der Waals surface area contributed by atoms with Crippen molar-refractivity contribution in [2.45, 2.75) is 0 Å². The lowest BCUT2D eigenvalue weighted by atomic mass is 9.98. The van der Waals surface area contributed by atoms with Crippen molar-refractivity contribution in [1.82, 2.24) is 24.5 Å². The molecule has 0 radical (unpaired) electrons. The summed E-state index contributed by atoms with van der Waals surface area (Å²) in [5.41, 5.74) is 12.8. The van der Waals surface area contributed by atoms with Crippen molar-refractivity contribution in [2.24, 2.45) is 0 Å². The number of hydrogen-bond acceptors (Lipinski definition) is 4. The van der Waals surface area contributed by atoms with E-state index in [1.54, 1.807) is 0 Å². The molecule has 0 saturated carbocycles. The van der Waals surface area contributed by atoms with E-state index < -0.39 is 0 Å². The molecule has 3 heterocycles. The molecule has 5 nitrogen and oxygen atoms in total. The van der Waals surface area contributed by atoms with Crippen molar-refractivity contribution in [3.63, 3.8) is 0 Å². The second-order valence-electron chi connectivity index (χ2n) is 13.5. The Kier molecular flexibility index (Phi) is 8.08. The highest BCUT2D eigenvalue weighted by molar-refractivity contribution is 6.14. The van der Waals surface area contributed by atoms with Crippen molar-refractivity contribution in [2.75, 3.05) is 0 Å². The zero-order valence-corrected chi connectivity index (χ0v) is 29.8. The third kappa shape index (κ3) is 6.04. The summed E-state index contributed by atoms with van der Waals surface area (Å²) in [6.07, 6.45) is 0. The molecule has 10 rings (SSSR count). The van der Waals surface area contributed by atoms with Crippen LogP contribution in [0.15, 0.2) is 200 Å². The fourth-order valence-electron chi connectivity index (χ4n) is 7.39. The molecule has 7 aromatic carbocycles. The number of hydrogen-bond donors (Lipinski definition) is 0. The Bertz CT molecular complexity index is 2900. The van der Waals surface area contributed by atoms with Crippen LogP contribution in [0.1, 0.15) is 0 Å². The first kappa shape index (κ1) is 32.2. The van der Waals surface area contributed by atoms with E-state index in [0.717, 1.165) is 83.6 Å². The number of fused-ring (bicyclic) bond motifs is 3. The number of benzene rings is 7. The summed E-state index contributed by atoms with van der Waals surface area (Å²) in [7, 11) is 0. The van der Waals surface area contributed by atoms with Crippen molar-refractivity contribution < 1.29 is 0 Å². The van der Waals surface area contributed by atoms with Crippen LogP contribution < -0.4 is 0 Å². The maximum absolute atomic E-state index is 5.33. The summed E-state index contributed by atoms with van der Waals surface area (Å²) in [5.74, 6) is 1.36. The number of nitrogens with zero attached hydrogens (tertiary/aromatic N) is 5. The fourth-order valence-corrected chi connectivity index (χ4v) is 7.39. The summed E-state index contributed by atoms with van der Waals surface area (Å²) < 4.78 is 2.25. The van der Waals surface area contributed by atoms with Crippen LogP contribution >= 0.6 is 0 Å². The summed E-state index contributed by atoms with van der Waals surface area (Å²) in [5, 5.41) is 2.12. The Balaban J connectivity index is 1.14. The Labute approximate surface area is 318 Å². The van der Waals surface area contributed by atoms with Crippen LogP contribution in [-0.4, -0.2) is 24.5 Å². The molecular formula is C50H33N5. The Morgan fingerprint density at radius 3 is 1.44 bits per heavy atom. The van der Waals surface area contributed by atoms with Gasteiger partial charge in [-0.1, -0.05) is 164 Å². The van der Waals surface area contributed by atoms with E-state index in [0.29, 0.717) is 11.6 Å². The Hall–Kier alpha value is -7.50. The smallest absolute Gasteiger partial charge is 0.162 e. The highest BCUT2D eigenvalue weighted by atomic mass is 15.1. The predicted molar refractivity (Wildman–Crippen MR) is 225 cm³/mol. The molecule has 0 aliphatic heterocycles. The lowest BCUT2D eigenvalue weighted by Gasteiger charge is -2.12. The molecule has 0 amide bonds. The van der Waals surface area contributed by atoms with E-state index in [9.17, 15) is 0 Å². The molecular weight excluding hydrogens is 671 g/mol. The zero-order chi connectivity index (χ0) is 36.6. The number of para-hydroxylation sites is 2. The van der Waals surface area contributed by atoms with Gasteiger partial charge in [-0.2, -0.15) is 0 Å². The van der Waals surface area contributed by atoms with Gasteiger partial charge in [-0.15, -0.1) is 0 Å². The minimum absolute atomic E-state index is 0.678. The van der Waals surface area contributed by atoms with E-state index in [1.165, 1.54) is 0 Å². The van der Waals surface area contributed by atoms with Gasteiger partial charge in [0.25, 0.3) is 0 Å². The topological polar surface area (TPSA) is 56.5 Å². The molecule has 0 aliphatic rings. The van der Waals surface area contributed by atoms with E-state index in [4.69, 9.17) is 19.9 Å². The third-order valence-electron chi connectivity index (χ3n) is 10.0. The van der Waals surface area contributed by atoms with Gasteiger partial charge < -0.3 is 0 Å². The second kappa shape index (κ2) is 13.8. The van der Waals surface area contributed by atoms with Crippen LogP contribution in [0.3, 0.4) is 0 Å². The van der Waals surface area contributed by atoms with Gasteiger partial charge in [0.1, 0.15) is 5.65 Å². The number of rotatable bonds is 7. The highest BCUT2D eigenvalue weighted by Gasteiger charge is 2.21. The molecule has 0 aliphatic carbocycles. The molecule has 0 saturated heterocycles. The summed E-state index contributed by atoms with van der Waals surface area (Å²) in [6, 6.07) is 69.0. The van der Waals surface area contributed by atoms with Crippen LogP contribution in [0.4, 0.5) is 0 Å². The molecule has 0 bridgehead atoms. The molecule has 0 fully saturated rings. The lowest BCUT2D eigenvalue weighted by molar-refractivity contribution is 1.11. The van der Waals surface area contributed by atoms with Gasteiger partial charge in [0.2, 0.25) is 0 Å². The largest absolute Gasteiger partial charge is 0.294 e. The van der Waals surface area contributed by atoms with E-state index in [1.807, 2.05) is 60.7 Å². The number of aromatic nitrogens is 5. The van der Waals surface area contributed by atoms with Crippen molar-refractivity contribution in [1.29, 1.82) is 0 Å². The summed E-state index contributed by atoms with van der Waals surface area (Å²) >= 11 is 0. The second-order valence-corrected chi connectivity index (χ2v) is 13.5. The monoisotopic (exact) mass is 703 g/mol. The van der Waals surface area contributed by atoms with Gasteiger partial charge in [0.15, 0.2) is 11.6 Å². The summed E-state index contributed by atoms with van der Waals surface area (Å²) in [4.78, 5) is 20.8. The molecule has 0 spiro atoms. The third-order valence-corrected chi connectivity index (χ3v) is 10.0. The molecule has 0 atom stereocenters. The van der Waals surface area contributed by atoms with Crippen LogP contribution in [0, 0.1) is 0 Å². The van der Waals surface area contributed by atoms with Crippen LogP contribution in [-0.2, 0) is 0 Å². The normalized spacial score (nSPS) is 11.3. The first-order chi connectivity index (χ1) is 27.3. The van der Waals surface area contributed by atoms with Crippen molar-refractivity contribution >= 4 is 21.9 Å². The molecule has 10 aromatic rings. The van der Waals surface area contributed by atoms with Gasteiger partial charge in [0.05, 0.1) is 28.0 Å². The van der Waals surface area contributed by atoms with Crippen molar-refractivity contribution in [3.8, 4) is 73.4 Å². The standard InChI is InChI=1S/C50H33N5/c1-5-17-34(18-6-1)43-33-44(35-19-7-2-8-20-35)52-49(51-43)40-26-16-24-38(32-40)37-23-15-25-39(31-37)47-46-42-29-13-14-30-45(42)55(41-27-11-4-12-28-41)50(46)54-48(53-47)36-21-9-3-10-22-36/h1-33H. The zero-order valence-electron chi connectivity index (χ0n) is 29.8. The summed E-state index contributed by atoms with van der Waals surface area (Å²) in [6.45, 7) is 0. The first-order valence-electron chi connectivity index (χ1n) is 18.4. The minimum atomic E-state index is 0.678. The van der Waals surface area contributed by atoms with E-state index in [2.05, 4.69) is 144 Å². The minimum Gasteiger partial charge on any atom is -0.294 e. The fraction of sp³-hybridized carbons (Fsp3) is 0. The average molecular weight is 704 g/mol. The van der Waals surface area contributed by atoms with Gasteiger partial charge >= 0.3 is 0 Å². The van der Waals surface area contributed by atoms with Crippen LogP contribution in [0.5, 0.6) is 0 Å². The maximum Gasteiger partial charge on any atom is 0.162 e.